The first-order chi connectivity index (χ1) is 12.5. The van der Waals surface area contributed by atoms with E-state index in [-0.39, 0.29) is 18.2 Å². The Hall–Kier alpha value is -2.87. The molecule has 0 aliphatic heterocycles. The van der Waals surface area contributed by atoms with E-state index in [0.717, 1.165) is 17.3 Å². The Morgan fingerprint density at radius 1 is 1.00 bits per heavy atom. The van der Waals surface area contributed by atoms with Crippen LogP contribution in [0.25, 0.3) is 0 Å². The van der Waals surface area contributed by atoms with Gasteiger partial charge in [-0.1, -0.05) is 29.8 Å². The molecule has 0 aromatic heterocycles. The predicted octanol–water partition coefficient (Wildman–Crippen LogP) is 1.80. The molecule has 2 aromatic carbocycles. The summed E-state index contributed by atoms with van der Waals surface area (Å²) in [5.41, 5.74) is 5.78. The molecule has 0 unspecified atom stereocenters. The molecule has 0 heterocycles. The number of hydrazine groups is 1. The number of hydrogen-bond donors (Lipinski definition) is 3. The van der Waals surface area contributed by atoms with Crippen LogP contribution >= 0.6 is 11.8 Å². The normalized spacial score (nSPS) is 10.1. The molecule has 0 saturated carbocycles. The maximum absolute atomic E-state index is 13.4. The minimum Gasteiger partial charge on any atom is -0.343 e. The first-order valence-corrected chi connectivity index (χ1v) is 8.74. The molecule has 0 atom stereocenters. The van der Waals surface area contributed by atoms with Gasteiger partial charge in [-0.3, -0.25) is 25.2 Å². The fourth-order valence-electron chi connectivity index (χ4n) is 1.97. The van der Waals surface area contributed by atoms with Gasteiger partial charge in [0.05, 0.1) is 12.3 Å². The van der Waals surface area contributed by atoms with Crippen molar-refractivity contribution >= 4 is 29.5 Å². The first-order valence-electron chi connectivity index (χ1n) is 7.75. The van der Waals surface area contributed by atoms with E-state index in [1.165, 1.54) is 6.07 Å². The number of rotatable bonds is 6. The molecule has 6 nitrogen and oxygen atoms in total. The van der Waals surface area contributed by atoms with Gasteiger partial charge in [-0.25, -0.2) is 4.39 Å². The van der Waals surface area contributed by atoms with Crippen molar-refractivity contribution in [3.8, 4) is 0 Å². The number of carbonyl (C=O) groups excluding carboxylic acids is 3. The summed E-state index contributed by atoms with van der Waals surface area (Å²) in [6.07, 6.45) is 0. The Morgan fingerprint density at radius 3 is 2.46 bits per heavy atom. The fraction of sp³-hybridized carbons (Fsp3) is 0.167. The Morgan fingerprint density at radius 2 is 1.73 bits per heavy atom. The molecule has 0 radical (unpaired) electrons. The molecular formula is C18H18FN3O3S. The largest absolute Gasteiger partial charge is 0.343 e. The standard InChI is InChI=1S/C18H18FN3O3S/c1-12-5-4-6-13(9-12)18(25)20-10-16(23)21-22-17(24)11-26-15-8-3-2-7-14(15)19/h2-9H,10-11H2,1H3,(H,20,25)(H,21,23)(H,22,24). The van der Waals surface area contributed by atoms with E-state index in [1.807, 2.05) is 13.0 Å². The van der Waals surface area contributed by atoms with Crippen molar-refractivity contribution in [2.24, 2.45) is 0 Å². The highest BCUT2D eigenvalue weighted by atomic mass is 32.2. The molecule has 2 aromatic rings. The zero-order valence-corrected chi connectivity index (χ0v) is 14.9. The summed E-state index contributed by atoms with van der Waals surface area (Å²) in [4.78, 5) is 35.6. The van der Waals surface area contributed by atoms with Crippen LogP contribution in [0.5, 0.6) is 0 Å². The highest BCUT2D eigenvalue weighted by Gasteiger charge is 2.10. The second-order valence-corrected chi connectivity index (χ2v) is 6.38. The lowest BCUT2D eigenvalue weighted by Gasteiger charge is -2.09. The quantitative estimate of drug-likeness (QED) is 0.531. The van der Waals surface area contributed by atoms with Crippen LogP contribution in [-0.4, -0.2) is 30.0 Å². The molecule has 0 saturated heterocycles. The van der Waals surface area contributed by atoms with E-state index in [1.54, 1.807) is 36.4 Å². The lowest BCUT2D eigenvalue weighted by molar-refractivity contribution is -0.127. The van der Waals surface area contributed by atoms with Gasteiger partial charge in [0.2, 0.25) is 5.91 Å². The van der Waals surface area contributed by atoms with E-state index < -0.39 is 17.6 Å². The molecule has 3 N–H and O–H groups in total. The number of halogens is 1. The number of carbonyl (C=O) groups is 3. The van der Waals surface area contributed by atoms with Gasteiger partial charge in [-0.2, -0.15) is 0 Å². The number of amides is 3. The van der Waals surface area contributed by atoms with Crippen LogP contribution < -0.4 is 16.2 Å². The molecule has 0 aliphatic rings. The summed E-state index contributed by atoms with van der Waals surface area (Å²) in [6, 6.07) is 13.0. The lowest BCUT2D eigenvalue weighted by Crippen LogP contribution is -2.46. The Balaban J connectivity index is 1.69. The number of benzene rings is 2. The van der Waals surface area contributed by atoms with Crippen molar-refractivity contribution in [3.05, 3.63) is 65.5 Å². The van der Waals surface area contributed by atoms with Gasteiger partial charge in [0.25, 0.3) is 11.8 Å². The van der Waals surface area contributed by atoms with Crippen LogP contribution in [0.2, 0.25) is 0 Å². The van der Waals surface area contributed by atoms with Crippen molar-refractivity contribution in [2.75, 3.05) is 12.3 Å². The van der Waals surface area contributed by atoms with Crippen LogP contribution in [0.4, 0.5) is 4.39 Å². The third-order valence-electron chi connectivity index (χ3n) is 3.23. The molecule has 0 spiro atoms. The maximum Gasteiger partial charge on any atom is 0.257 e. The predicted molar refractivity (Wildman–Crippen MR) is 96.9 cm³/mol. The summed E-state index contributed by atoms with van der Waals surface area (Å²) in [5, 5.41) is 2.46. The van der Waals surface area contributed by atoms with Crippen molar-refractivity contribution in [3.63, 3.8) is 0 Å². The molecule has 0 fully saturated rings. The lowest BCUT2D eigenvalue weighted by atomic mass is 10.1. The van der Waals surface area contributed by atoms with Gasteiger partial charge in [-0.05, 0) is 31.2 Å². The van der Waals surface area contributed by atoms with Gasteiger partial charge >= 0.3 is 0 Å². The SMILES string of the molecule is Cc1cccc(C(=O)NCC(=O)NNC(=O)CSc2ccccc2F)c1. The summed E-state index contributed by atoms with van der Waals surface area (Å²) in [5.74, 6) is -1.91. The third kappa shape index (κ3) is 6.21. The second kappa shape index (κ2) is 9.57. The molecule has 0 bridgehead atoms. The number of hydrogen-bond acceptors (Lipinski definition) is 4. The van der Waals surface area contributed by atoms with E-state index in [4.69, 9.17) is 0 Å². The monoisotopic (exact) mass is 375 g/mol. The molecule has 26 heavy (non-hydrogen) atoms. The van der Waals surface area contributed by atoms with Crippen LogP contribution in [0, 0.1) is 12.7 Å². The van der Waals surface area contributed by atoms with Gasteiger partial charge in [0.15, 0.2) is 0 Å². The van der Waals surface area contributed by atoms with Crippen LogP contribution in [-0.2, 0) is 9.59 Å². The zero-order chi connectivity index (χ0) is 18.9. The summed E-state index contributed by atoms with van der Waals surface area (Å²) < 4.78 is 13.4. The number of nitrogens with one attached hydrogen (secondary N) is 3. The average molecular weight is 375 g/mol. The highest BCUT2D eigenvalue weighted by Crippen LogP contribution is 2.20. The second-order valence-electron chi connectivity index (χ2n) is 5.37. The molecular weight excluding hydrogens is 357 g/mol. The van der Waals surface area contributed by atoms with Crippen LogP contribution in [0.1, 0.15) is 15.9 Å². The van der Waals surface area contributed by atoms with Gasteiger partial charge in [-0.15, -0.1) is 11.8 Å². The molecule has 3 amide bonds. The summed E-state index contributed by atoms with van der Waals surface area (Å²) in [7, 11) is 0. The van der Waals surface area contributed by atoms with Crippen molar-refractivity contribution < 1.29 is 18.8 Å². The van der Waals surface area contributed by atoms with Crippen LogP contribution in [0.3, 0.4) is 0 Å². The molecule has 8 heteroatoms. The highest BCUT2D eigenvalue weighted by molar-refractivity contribution is 8.00. The molecule has 136 valence electrons. The van der Waals surface area contributed by atoms with Gasteiger partial charge in [0.1, 0.15) is 5.82 Å². The van der Waals surface area contributed by atoms with Crippen molar-refractivity contribution in [1.82, 2.24) is 16.2 Å². The Bertz CT molecular complexity index is 814. The third-order valence-corrected chi connectivity index (χ3v) is 4.28. The first kappa shape index (κ1) is 19.5. The number of thioether (sulfide) groups is 1. The average Bonchev–Trinajstić information content (AvgIpc) is 2.63. The van der Waals surface area contributed by atoms with Crippen molar-refractivity contribution in [1.29, 1.82) is 0 Å². The Labute approximate surface area is 154 Å². The molecule has 2 rings (SSSR count). The fourth-order valence-corrected chi connectivity index (χ4v) is 2.71. The van der Waals surface area contributed by atoms with E-state index in [0.29, 0.717) is 10.5 Å². The van der Waals surface area contributed by atoms with Gasteiger partial charge in [0, 0.05) is 10.5 Å². The van der Waals surface area contributed by atoms with E-state index in [9.17, 15) is 18.8 Å². The zero-order valence-electron chi connectivity index (χ0n) is 14.0. The Kier molecular flexibility index (Phi) is 7.16. The summed E-state index contributed by atoms with van der Waals surface area (Å²) >= 11 is 1.02. The topological polar surface area (TPSA) is 87.3 Å². The molecule has 0 aliphatic carbocycles. The smallest absolute Gasteiger partial charge is 0.257 e. The number of aryl methyl sites for hydroxylation is 1. The van der Waals surface area contributed by atoms with E-state index >= 15 is 0 Å². The van der Waals surface area contributed by atoms with E-state index in [2.05, 4.69) is 16.2 Å². The maximum atomic E-state index is 13.4. The van der Waals surface area contributed by atoms with Crippen LogP contribution in [0.15, 0.2) is 53.4 Å². The minimum atomic E-state index is -0.574. The van der Waals surface area contributed by atoms with Gasteiger partial charge < -0.3 is 5.32 Å². The minimum absolute atomic E-state index is 0.0587. The summed E-state index contributed by atoms with van der Waals surface area (Å²) in [6.45, 7) is 1.58. The van der Waals surface area contributed by atoms with Crippen molar-refractivity contribution in [2.45, 2.75) is 11.8 Å².